The molecular weight excluding hydrogens is 1190 g/mol. The van der Waals surface area contributed by atoms with Gasteiger partial charge in [-0.05, 0) is 118 Å². The van der Waals surface area contributed by atoms with Crippen molar-refractivity contribution in [1.29, 1.82) is 0 Å². The van der Waals surface area contributed by atoms with Gasteiger partial charge in [0.1, 0.15) is 6.29 Å². The number of carbonyl (C=O) groups excluding carboxylic acids is 3. The molecule has 4 aromatic rings. The Morgan fingerprint density at radius 1 is 0.608 bits per heavy atom. The molecular formula is C43H32Br2F20N4O5. The van der Waals surface area contributed by atoms with Gasteiger partial charge in [-0.15, -0.1) is 0 Å². The van der Waals surface area contributed by atoms with Gasteiger partial charge in [-0.2, -0.15) is 70.2 Å². The molecule has 5 N–H and O–H groups in total. The minimum atomic E-state index is -6.54. The summed E-state index contributed by atoms with van der Waals surface area (Å²) in [6, 6.07) is 6.10. The van der Waals surface area contributed by atoms with Crippen LogP contribution in [0.4, 0.5) is 111 Å². The van der Waals surface area contributed by atoms with Crippen LogP contribution in [0.25, 0.3) is 0 Å². The summed E-state index contributed by atoms with van der Waals surface area (Å²) in [5.74, 6) is -6.74. The average molecular weight is 1220 g/mol. The zero-order valence-electron chi connectivity index (χ0n) is 36.3. The maximum absolute atomic E-state index is 14.8. The Kier molecular flexibility index (Phi) is 19.2. The highest BCUT2D eigenvalue weighted by Gasteiger charge is 2.75. The molecule has 2 saturated carbocycles. The third kappa shape index (κ3) is 14.3. The van der Waals surface area contributed by atoms with Crippen LogP contribution in [-0.2, 0) is 16.1 Å². The van der Waals surface area contributed by atoms with E-state index in [4.69, 9.17) is 5.73 Å². The van der Waals surface area contributed by atoms with Crippen LogP contribution in [-0.4, -0.2) is 62.6 Å². The molecule has 2 fully saturated rings. The molecule has 0 saturated heterocycles. The van der Waals surface area contributed by atoms with Crippen molar-refractivity contribution in [3.05, 3.63) is 103 Å². The Bertz CT molecular complexity index is 2630. The van der Waals surface area contributed by atoms with Gasteiger partial charge in [-0.1, -0.05) is 12.1 Å². The van der Waals surface area contributed by atoms with Gasteiger partial charge in [0, 0.05) is 33.0 Å². The normalized spacial score (nSPS) is 14.3. The fourth-order valence-corrected chi connectivity index (χ4v) is 7.24. The lowest BCUT2D eigenvalue weighted by molar-refractivity contribution is -0.349. The van der Waals surface area contributed by atoms with Crippen molar-refractivity contribution in [3.63, 3.8) is 0 Å². The number of aldehydes is 1. The number of hydrogen-bond acceptors (Lipinski definition) is 7. The van der Waals surface area contributed by atoms with Gasteiger partial charge in [0.05, 0.1) is 33.9 Å². The topological polar surface area (TPSA) is 132 Å². The molecule has 2 aliphatic carbocycles. The average Bonchev–Trinajstić information content (AvgIpc) is 4.22. The van der Waals surface area contributed by atoms with E-state index in [0.29, 0.717) is 12.5 Å². The fourth-order valence-electron chi connectivity index (χ4n) is 6.15. The van der Waals surface area contributed by atoms with Gasteiger partial charge >= 0.3 is 49.3 Å². The van der Waals surface area contributed by atoms with Crippen molar-refractivity contribution in [3.8, 4) is 11.5 Å². The van der Waals surface area contributed by atoms with Gasteiger partial charge in [0.25, 0.3) is 11.8 Å². The molecule has 0 bridgehead atoms. The van der Waals surface area contributed by atoms with Crippen LogP contribution in [0, 0.1) is 23.5 Å². The molecule has 0 unspecified atom stereocenters. The highest BCUT2D eigenvalue weighted by molar-refractivity contribution is 9.11. The summed E-state index contributed by atoms with van der Waals surface area (Å²) in [6.07, 6.45) is -19.9. The van der Waals surface area contributed by atoms with E-state index in [1.54, 1.807) is 5.32 Å². The molecule has 2 amide bonds. The third-order valence-electron chi connectivity index (χ3n) is 10.3. The zero-order chi connectivity index (χ0) is 56.1. The molecule has 4 aromatic carbocycles. The minimum absolute atomic E-state index is 0.00110. The monoisotopic (exact) mass is 1220 g/mol. The van der Waals surface area contributed by atoms with E-state index in [9.17, 15) is 102 Å². The molecule has 0 radical (unpaired) electrons. The van der Waals surface area contributed by atoms with Crippen LogP contribution in [0.5, 0.6) is 11.5 Å². The smallest absolute Gasteiger partial charge is 0.433 e. The lowest BCUT2D eigenvalue weighted by Crippen LogP contribution is -2.50. The third-order valence-corrected chi connectivity index (χ3v) is 11.5. The fraction of sp³-hybridized carbons (Fsp3) is 0.372. The molecule has 74 heavy (non-hydrogen) atoms. The van der Waals surface area contributed by atoms with Crippen LogP contribution >= 0.6 is 31.9 Å². The number of halogens is 22. The molecule has 0 spiro atoms. The molecule has 0 heterocycles. The van der Waals surface area contributed by atoms with E-state index in [2.05, 4.69) is 46.7 Å². The number of anilines is 4. The molecule has 0 aromatic heterocycles. The highest BCUT2D eigenvalue weighted by atomic mass is 79.9. The van der Waals surface area contributed by atoms with Crippen molar-refractivity contribution in [2.24, 2.45) is 11.8 Å². The second kappa shape index (κ2) is 23.4. The number of hydrogen-bond donors (Lipinski definition) is 4. The van der Waals surface area contributed by atoms with Gasteiger partial charge in [0.2, 0.25) is 0 Å². The maximum atomic E-state index is 14.8. The number of nitrogens with one attached hydrogen (secondary N) is 3. The number of carbonyl (C=O) groups is 3. The largest absolute Gasteiger partial charge is 0.435 e. The quantitative estimate of drug-likeness (QED) is 0.0529. The summed E-state index contributed by atoms with van der Waals surface area (Å²) < 4.78 is 272. The molecule has 9 nitrogen and oxygen atoms in total. The van der Waals surface area contributed by atoms with Crippen molar-refractivity contribution in [2.75, 3.05) is 28.2 Å². The van der Waals surface area contributed by atoms with E-state index in [1.807, 2.05) is 5.32 Å². The maximum Gasteiger partial charge on any atom is 0.435 e. The van der Waals surface area contributed by atoms with E-state index < -0.39 is 132 Å². The molecule has 0 atom stereocenters. The van der Waals surface area contributed by atoms with Gasteiger partial charge < -0.3 is 36.0 Å². The number of benzene rings is 4. The number of rotatable bonds is 15. The Morgan fingerprint density at radius 2 is 0.986 bits per heavy atom. The molecule has 31 heteroatoms. The first-order valence-corrected chi connectivity index (χ1v) is 21.9. The van der Waals surface area contributed by atoms with Crippen LogP contribution < -0.4 is 31.2 Å². The number of nitrogen functional groups attached to an aromatic ring is 1. The van der Waals surface area contributed by atoms with Gasteiger partial charge in [0.15, 0.2) is 23.1 Å². The standard InChI is InChI=1S/C21H15BrF10N2O2.C17H9BrF10N2O2.C5H8O/c22-12-6-10(19(26,20(27,28)29)21(30,31)32)7-14(36-18(24)25)16(12)34-17(35)11-2-1-3-13(15(11)23)33-8-9-4-5-9;18-8-4-6(15(22,16(23,24)25)17(26,27)28)5-10(32-14(20)21)12(8)30-13(31)7-2-1-3-9(29)11(7)19;6-4-3-5-1-2-5/h1-3,6-7,9,18,33H,4-5,8H2,(H,34,35);1-5,14H,29H2,(H,30,31);4-5H,1-3H2. The first kappa shape index (κ1) is 60.8. The second-order valence-electron chi connectivity index (χ2n) is 15.7. The van der Waals surface area contributed by atoms with Crippen molar-refractivity contribution < 1.29 is 112 Å². The Hall–Kier alpha value is -5.75. The Morgan fingerprint density at radius 3 is 1.32 bits per heavy atom. The number of amides is 2. The zero-order valence-corrected chi connectivity index (χ0v) is 39.5. The van der Waals surface area contributed by atoms with Crippen molar-refractivity contribution in [1.82, 2.24) is 0 Å². The first-order valence-electron chi connectivity index (χ1n) is 20.3. The SMILES string of the molecule is Nc1cccc(C(=O)Nc2c(Br)cc(C(F)(C(F)(F)F)C(F)(F)F)cc2OC(F)F)c1F.O=C(Nc1c(Br)cc(C(F)(C(F)(F)F)C(F)(F)F)cc1OC(F)F)c1cccc(NCC2CC2)c1F.O=CCC1CC1. The van der Waals surface area contributed by atoms with Crippen LogP contribution in [0.2, 0.25) is 0 Å². The summed E-state index contributed by atoms with van der Waals surface area (Å²) in [5.41, 5.74) is -14.7. The summed E-state index contributed by atoms with van der Waals surface area (Å²) in [5, 5.41) is 6.50. The number of alkyl halides is 18. The predicted octanol–water partition coefficient (Wildman–Crippen LogP) is 14.9. The lowest BCUT2D eigenvalue weighted by atomic mass is 9.93. The molecule has 2 aliphatic rings. The molecule has 6 rings (SSSR count). The Labute approximate surface area is 419 Å². The highest BCUT2D eigenvalue weighted by Crippen LogP contribution is 2.57. The second-order valence-corrected chi connectivity index (χ2v) is 17.4. The van der Waals surface area contributed by atoms with Crippen LogP contribution in [0.15, 0.2) is 69.6 Å². The van der Waals surface area contributed by atoms with Crippen LogP contribution in [0.3, 0.4) is 0 Å². The first-order chi connectivity index (χ1) is 34.0. The van der Waals surface area contributed by atoms with E-state index >= 15 is 0 Å². The number of nitrogens with two attached hydrogens (primary N) is 1. The van der Waals surface area contributed by atoms with Crippen molar-refractivity contribution in [2.45, 2.75) is 81.4 Å². The summed E-state index contributed by atoms with van der Waals surface area (Å²) in [6.45, 7) is -7.17. The van der Waals surface area contributed by atoms with E-state index in [-0.39, 0.29) is 30.0 Å². The molecule has 0 aliphatic heterocycles. The number of ether oxygens (including phenoxy) is 2. The summed E-state index contributed by atoms with van der Waals surface area (Å²) in [7, 11) is 0. The van der Waals surface area contributed by atoms with Gasteiger partial charge in [-0.3, -0.25) is 9.59 Å². The van der Waals surface area contributed by atoms with E-state index in [0.717, 1.165) is 55.7 Å². The van der Waals surface area contributed by atoms with Crippen molar-refractivity contribution >= 4 is 72.7 Å². The summed E-state index contributed by atoms with van der Waals surface area (Å²) >= 11 is 5.04. The summed E-state index contributed by atoms with van der Waals surface area (Å²) in [4.78, 5) is 34.6. The minimum Gasteiger partial charge on any atom is -0.433 e. The van der Waals surface area contributed by atoms with Gasteiger partial charge in [-0.25, -0.2) is 17.6 Å². The Balaban J connectivity index is 0.000000289. The lowest BCUT2D eigenvalue weighted by Gasteiger charge is -2.31. The predicted molar refractivity (Wildman–Crippen MR) is 229 cm³/mol. The van der Waals surface area contributed by atoms with Crippen LogP contribution in [0.1, 0.15) is 63.9 Å². The molecule has 408 valence electrons. The van der Waals surface area contributed by atoms with E-state index in [1.165, 1.54) is 25.0 Å².